The molecule has 2 N–H and O–H groups in total. The second kappa shape index (κ2) is 7.32. The molecule has 4 heteroatoms. The standard InChI is InChI=1S/C18H21ClN2O/c1-18(2,15-8-10-16(19)11-9-15)21-17(22)20-13-12-14-6-4-3-5-7-14/h3-11H,12-13H2,1-2H3,(H2,20,21,22). The fourth-order valence-electron chi connectivity index (χ4n) is 2.23. The van der Waals surface area contributed by atoms with E-state index in [0.717, 1.165) is 12.0 Å². The average molecular weight is 317 g/mol. The van der Waals surface area contributed by atoms with Crippen molar-refractivity contribution in [1.29, 1.82) is 0 Å². The van der Waals surface area contributed by atoms with Gasteiger partial charge < -0.3 is 10.6 Å². The van der Waals surface area contributed by atoms with Crippen molar-refractivity contribution in [3.63, 3.8) is 0 Å². The number of amides is 2. The van der Waals surface area contributed by atoms with Crippen LogP contribution in [0.15, 0.2) is 54.6 Å². The number of hydrogen-bond acceptors (Lipinski definition) is 1. The van der Waals surface area contributed by atoms with Crippen LogP contribution >= 0.6 is 11.6 Å². The Bertz CT molecular complexity index is 609. The quantitative estimate of drug-likeness (QED) is 0.856. The van der Waals surface area contributed by atoms with Gasteiger partial charge in [-0.1, -0.05) is 54.1 Å². The Morgan fingerprint density at radius 1 is 1.05 bits per heavy atom. The molecule has 0 radical (unpaired) electrons. The topological polar surface area (TPSA) is 41.1 Å². The molecule has 0 aliphatic heterocycles. The predicted molar refractivity (Wildman–Crippen MR) is 91.2 cm³/mol. The van der Waals surface area contributed by atoms with Gasteiger partial charge in [-0.25, -0.2) is 4.79 Å². The van der Waals surface area contributed by atoms with Crippen LogP contribution in [0.1, 0.15) is 25.0 Å². The van der Waals surface area contributed by atoms with Crippen molar-refractivity contribution in [1.82, 2.24) is 10.6 Å². The molecule has 0 unspecified atom stereocenters. The fraction of sp³-hybridized carbons (Fsp3) is 0.278. The van der Waals surface area contributed by atoms with Gasteiger partial charge in [0.15, 0.2) is 0 Å². The molecule has 2 aromatic rings. The molecule has 0 aliphatic carbocycles. The second-order valence-corrected chi connectivity index (χ2v) is 6.18. The summed E-state index contributed by atoms with van der Waals surface area (Å²) >= 11 is 5.89. The maximum absolute atomic E-state index is 12.0. The van der Waals surface area contributed by atoms with Crippen molar-refractivity contribution >= 4 is 17.6 Å². The lowest BCUT2D eigenvalue weighted by molar-refractivity contribution is 0.230. The molecule has 0 spiro atoms. The van der Waals surface area contributed by atoms with Gasteiger partial charge in [0.05, 0.1) is 5.54 Å². The van der Waals surface area contributed by atoms with Crippen molar-refractivity contribution in [3.05, 3.63) is 70.7 Å². The van der Waals surface area contributed by atoms with Gasteiger partial charge in [0, 0.05) is 11.6 Å². The molecule has 2 aromatic carbocycles. The zero-order valence-corrected chi connectivity index (χ0v) is 13.7. The molecule has 2 amide bonds. The Kier molecular flexibility index (Phi) is 5.45. The third-order valence-electron chi connectivity index (χ3n) is 3.53. The number of hydrogen-bond donors (Lipinski definition) is 2. The third kappa shape index (κ3) is 4.78. The molecule has 22 heavy (non-hydrogen) atoms. The lowest BCUT2D eigenvalue weighted by Gasteiger charge is -2.27. The molecule has 3 nitrogen and oxygen atoms in total. The van der Waals surface area contributed by atoms with Gasteiger partial charge >= 0.3 is 6.03 Å². The molecule has 116 valence electrons. The summed E-state index contributed by atoms with van der Waals surface area (Å²) in [6.07, 6.45) is 0.815. The van der Waals surface area contributed by atoms with E-state index in [2.05, 4.69) is 22.8 Å². The van der Waals surface area contributed by atoms with Gasteiger partial charge in [0.2, 0.25) is 0 Å². The Morgan fingerprint density at radius 3 is 2.32 bits per heavy atom. The van der Waals surface area contributed by atoms with E-state index in [0.29, 0.717) is 11.6 Å². The van der Waals surface area contributed by atoms with Crippen molar-refractivity contribution in [3.8, 4) is 0 Å². The molecule has 0 saturated carbocycles. The van der Waals surface area contributed by atoms with Crippen LogP contribution < -0.4 is 10.6 Å². The highest BCUT2D eigenvalue weighted by Gasteiger charge is 2.22. The maximum atomic E-state index is 12.0. The molecule has 0 bridgehead atoms. The van der Waals surface area contributed by atoms with Gasteiger partial charge in [-0.2, -0.15) is 0 Å². The van der Waals surface area contributed by atoms with E-state index in [9.17, 15) is 4.79 Å². The van der Waals surface area contributed by atoms with Gasteiger partial charge in [-0.3, -0.25) is 0 Å². The average Bonchev–Trinajstić information content (AvgIpc) is 2.48. The van der Waals surface area contributed by atoms with Gasteiger partial charge in [-0.05, 0) is 43.5 Å². The lowest BCUT2D eigenvalue weighted by atomic mass is 9.94. The molecule has 0 heterocycles. The summed E-state index contributed by atoms with van der Waals surface area (Å²) in [4.78, 5) is 12.0. The Balaban J connectivity index is 1.84. The first-order valence-corrected chi connectivity index (χ1v) is 7.71. The number of rotatable bonds is 5. The molecule has 0 saturated heterocycles. The van der Waals surface area contributed by atoms with Crippen molar-refractivity contribution in [2.45, 2.75) is 25.8 Å². The summed E-state index contributed by atoms with van der Waals surface area (Å²) < 4.78 is 0. The summed E-state index contributed by atoms with van der Waals surface area (Å²) in [5.74, 6) is 0. The van der Waals surface area contributed by atoms with E-state index in [1.54, 1.807) is 0 Å². The smallest absolute Gasteiger partial charge is 0.315 e. The van der Waals surface area contributed by atoms with Crippen molar-refractivity contribution in [2.24, 2.45) is 0 Å². The number of halogens is 1. The van der Waals surface area contributed by atoms with Crippen LogP contribution in [-0.4, -0.2) is 12.6 Å². The lowest BCUT2D eigenvalue weighted by Crippen LogP contribution is -2.46. The highest BCUT2D eigenvalue weighted by Crippen LogP contribution is 2.21. The summed E-state index contributed by atoms with van der Waals surface area (Å²) in [6, 6.07) is 17.4. The highest BCUT2D eigenvalue weighted by atomic mass is 35.5. The first-order chi connectivity index (χ1) is 10.5. The van der Waals surface area contributed by atoms with Crippen LogP contribution in [0.25, 0.3) is 0 Å². The normalized spacial score (nSPS) is 11.0. The third-order valence-corrected chi connectivity index (χ3v) is 3.79. The SMILES string of the molecule is CC(C)(NC(=O)NCCc1ccccc1)c1ccc(Cl)cc1. The van der Waals surface area contributed by atoms with E-state index in [-0.39, 0.29) is 6.03 Å². The Labute approximate surface area is 136 Å². The number of nitrogens with one attached hydrogen (secondary N) is 2. The van der Waals surface area contributed by atoms with E-state index in [1.165, 1.54) is 5.56 Å². The molecule has 0 aromatic heterocycles. The molecule has 0 atom stereocenters. The molecular weight excluding hydrogens is 296 g/mol. The van der Waals surface area contributed by atoms with Crippen molar-refractivity contribution < 1.29 is 4.79 Å². The zero-order chi connectivity index (χ0) is 16.0. The summed E-state index contributed by atoms with van der Waals surface area (Å²) in [5, 5.41) is 6.56. The molecular formula is C18H21ClN2O. The highest BCUT2D eigenvalue weighted by molar-refractivity contribution is 6.30. The van der Waals surface area contributed by atoms with E-state index >= 15 is 0 Å². The van der Waals surface area contributed by atoms with E-state index < -0.39 is 5.54 Å². The summed E-state index contributed by atoms with van der Waals surface area (Å²) in [6.45, 7) is 4.53. The van der Waals surface area contributed by atoms with Gasteiger partial charge in [-0.15, -0.1) is 0 Å². The minimum atomic E-state index is -0.457. The van der Waals surface area contributed by atoms with Crippen LogP contribution in [0.4, 0.5) is 4.79 Å². The Hall–Kier alpha value is -2.00. The van der Waals surface area contributed by atoms with Crippen LogP contribution in [0.5, 0.6) is 0 Å². The van der Waals surface area contributed by atoms with Crippen LogP contribution in [0.2, 0.25) is 5.02 Å². The van der Waals surface area contributed by atoms with Crippen molar-refractivity contribution in [2.75, 3.05) is 6.54 Å². The predicted octanol–water partition coefficient (Wildman–Crippen LogP) is 4.12. The molecule has 0 aliphatic rings. The minimum absolute atomic E-state index is 0.170. The number of carbonyl (C=O) groups excluding carboxylic acids is 1. The Morgan fingerprint density at radius 2 is 1.68 bits per heavy atom. The fourth-order valence-corrected chi connectivity index (χ4v) is 2.36. The maximum Gasteiger partial charge on any atom is 0.315 e. The summed E-state index contributed by atoms with van der Waals surface area (Å²) in [5.41, 5.74) is 1.76. The minimum Gasteiger partial charge on any atom is -0.338 e. The van der Waals surface area contributed by atoms with E-state index in [4.69, 9.17) is 11.6 Å². The van der Waals surface area contributed by atoms with Crippen LogP contribution in [0, 0.1) is 0 Å². The zero-order valence-electron chi connectivity index (χ0n) is 12.9. The van der Waals surface area contributed by atoms with Crippen LogP contribution in [-0.2, 0) is 12.0 Å². The second-order valence-electron chi connectivity index (χ2n) is 5.75. The summed E-state index contributed by atoms with van der Waals surface area (Å²) in [7, 11) is 0. The first kappa shape index (κ1) is 16.4. The number of urea groups is 1. The van der Waals surface area contributed by atoms with E-state index in [1.807, 2.05) is 56.3 Å². The van der Waals surface area contributed by atoms with Gasteiger partial charge in [0.1, 0.15) is 0 Å². The van der Waals surface area contributed by atoms with Gasteiger partial charge in [0.25, 0.3) is 0 Å². The number of benzene rings is 2. The van der Waals surface area contributed by atoms with Crippen LogP contribution in [0.3, 0.4) is 0 Å². The number of carbonyl (C=O) groups is 1. The monoisotopic (exact) mass is 316 g/mol. The molecule has 2 rings (SSSR count). The first-order valence-electron chi connectivity index (χ1n) is 7.33. The molecule has 0 fully saturated rings. The largest absolute Gasteiger partial charge is 0.338 e.